The number of piperazine rings is 1. The number of halogens is 2. The maximum Gasteiger partial charge on any atom is 0.238 e. The van der Waals surface area contributed by atoms with E-state index >= 15 is 0 Å². The molecule has 132 valence electrons. The first-order valence-electron chi connectivity index (χ1n) is 8.31. The number of nitrogens with one attached hydrogen (secondary N) is 1. The molecule has 0 atom stereocenters. The number of para-hydroxylation sites is 1. The molecule has 1 saturated heterocycles. The summed E-state index contributed by atoms with van der Waals surface area (Å²) in [6, 6.07) is 12.3. The molecule has 25 heavy (non-hydrogen) atoms. The van der Waals surface area contributed by atoms with Crippen molar-refractivity contribution in [2.45, 2.75) is 6.92 Å². The summed E-state index contributed by atoms with van der Waals surface area (Å²) in [7, 11) is 0. The number of amides is 1. The average Bonchev–Trinajstić information content (AvgIpc) is 2.59. The van der Waals surface area contributed by atoms with E-state index in [0.29, 0.717) is 36.0 Å². The smallest absolute Gasteiger partial charge is 0.238 e. The van der Waals surface area contributed by atoms with Crippen molar-refractivity contribution in [2.75, 3.05) is 42.9 Å². The van der Waals surface area contributed by atoms with Crippen LogP contribution in [0.2, 0.25) is 5.02 Å². The van der Waals surface area contributed by atoms with E-state index in [2.05, 4.69) is 10.2 Å². The number of carbonyl (C=O) groups excluding carboxylic acids is 1. The minimum absolute atomic E-state index is 0.0701. The third-order valence-corrected chi connectivity index (χ3v) is 4.80. The van der Waals surface area contributed by atoms with Gasteiger partial charge in [0.15, 0.2) is 0 Å². The molecule has 0 aliphatic carbocycles. The Morgan fingerprint density at radius 1 is 1.16 bits per heavy atom. The summed E-state index contributed by atoms with van der Waals surface area (Å²) < 4.78 is 13.9. The molecule has 0 aromatic heterocycles. The highest BCUT2D eigenvalue weighted by Crippen LogP contribution is 2.21. The lowest BCUT2D eigenvalue weighted by atomic mass is 10.2. The quantitative estimate of drug-likeness (QED) is 0.904. The molecule has 1 amide bonds. The van der Waals surface area contributed by atoms with E-state index in [9.17, 15) is 9.18 Å². The number of hydrogen-bond donors (Lipinski definition) is 1. The number of carbonyl (C=O) groups is 1. The zero-order valence-electron chi connectivity index (χ0n) is 14.1. The van der Waals surface area contributed by atoms with Crippen LogP contribution in [-0.2, 0) is 4.79 Å². The van der Waals surface area contributed by atoms with Gasteiger partial charge in [-0.15, -0.1) is 0 Å². The number of rotatable bonds is 4. The molecule has 2 aromatic rings. The Labute approximate surface area is 152 Å². The van der Waals surface area contributed by atoms with E-state index in [1.165, 1.54) is 6.07 Å². The predicted molar refractivity (Wildman–Crippen MR) is 99.9 cm³/mol. The number of nitrogens with zero attached hydrogens (tertiary/aromatic N) is 2. The summed E-state index contributed by atoms with van der Waals surface area (Å²) in [6.45, 7) is 5.07. The third kappa shape index (κ3) is 4.50. The van der Waals surface area contributed by atoms with E-state index in [-0.39, 0.29) is 11.7 Å². The molecule has 1 heterocycles. The Hall–Kier alpha value is -2.11. The number of hydrogen-bond acceptors (Lipinski definition) is 3. The molecule has 4 nitrogen and oxygen atoms in total. The van der Waals surface area contributed by atoms with Crippen LogP contribution in [0.4, 0.5) is 15.8 Å². The average molecular weight is 362 g/mol. The summed E-state index contributed by atoms with van der Waals surface area (Å²) in [5.74, 6) is -0.274. The second-order valence-corrected chi connectivity index (χ2v) is 6.63. The van der Waals surface area contributed by atoms with Crippen molar-refractivity contribution in [3.63, 3.8) is 0 Å². The summed E-state index contributed by atoms with van der Waals surface area (Å²) in [6.07, 6.45) is 0. The lowest BCUT2D eigenvalue weighted by molar-refractivity contribution is -0.117. The number of anilines is 2. The van der Waals surface area contributed by atoms with Gasteiger partial charge in [0, 0.05) is 36.9 Å². The normalized spacial score (nSPS) is 15.2. The molecule has 1 aliphatic rings. The topological polar surface area (TPSA) is 35.6 Å². The van der Waals surface area contributed by atoms with Gasteiger partial charge < -0.3 is 10.2 Å². The van der Waals surface area contributed by atoms with Gasteiger partial charge in [0.1, 0.15) is 5.82 Å². The molecule has 1 aliphatic heterocycles. The maximum absolute atomic E-state index is 13.9. The fourth-order valence-electron chi connectivity index (χ4n) is 2.93. The summed E-state index contributed by atoms with van der Waals surface area (Å²) in [5.41, 5.74) is 2.30. The largest absolute Gasteiger partial charge is 0.367 e. The van der Waals surface area contributed by atoms with Crippen LogP contribution in [0.15, 0.2) is 42.5 Å². The molecular formula is C19H21ClFN3O. The van der Waals surface area contributed by atoms with Gasteiger partial charge in [-0.05, 0) is 36.8 Å². The fourth-order valence-corrected chi connectivity index (χ4v) is 3.11. The monoisotopic (exact) mass is 361 g/mol. The van der Waals surface area contributed by atoms with Crippen molar-refractivity contribution in [1.29, 1.82) is 0 Å². The Kier molecular flexibility index (Phi) is 5.56. The van der Waals surface area contributed by atoms with E-state index in [0.717, 1.165) is 18.7 Å². The van der Waals surface area contributed by atoms with Crippen LogP contribution in [-0.4, -0.2) is 43.5 Å². The lowest BCUT2D eigenvalue weighted by Crippen LogP contribution is -2.48. The Balaban J connectivity index is 1.51. The van der Waals surface area contributed by atoms with Crippen LogP contribution in [0.3, 0.4) is 0 Å². The van der Waals surface area contributed by atoms with E-state index < -0.39 is 0 Å². The van der Waals surface area contributed by atoms with E-state index in [1.807, 2.05) is 30.0 Å². The molecule has 0 saturated carbocycles. The van der Waals surface area contributed by atoms with Crippen LogP contribution >= 0.6 is 11.6 Å². The van der Waals surface area contributed by atoms with Gasteiger partial charge in [0.05, 0.1) is 12.2 Å². The first kappa shape index (κ1) is 17.7. The van der Waals surface area contributed by atoms with Crippen molar-refractivity contribution in [2.24, 2.45) is 0 Å². The second-order valence-electron chi connectivity index (χ2n) is 6.23. The predicted octanol–water partition coefficient (Wildman–Crippen LogP) is 3.55. The third-order valence-electron chi connectivity index (χ3n) is 4.39. The second kappa shape index (κ2) is 7.85. The van der Waals surface area contributed by atoms with Crippen molar-refractivity contribution in [3.05, 3.63) is 58.9 Å². The first-order valence-corrected chi connectivity index (χ1v) is 8.68. The Bertz CT molecular complexity index is 760. The van der Waals surface area contributed by atoms with Crippen LogP contribution in [0.5, 0.6) is 0 Å². The van der Waals surface area contributed by atoms with Gasteiger partial charge in [-0.3, -0.25) is 9.69 Å². The van der Waals surface area contributed by atoms with Crippen molar-refractivity contribution in [1.82, 2.24) is 4.90 Å². The fraction of sp³-hybridized carbons (Fsp3) is 0.316. The van der Waals surface area contributed by atoms with Gasteiger partial charge >= 0.3 is 0 Å². The van der Waals surface area contributed by atoms with E-state index in [1.54, 1.807) is 18.2 Å². The van der Waals surface area contributed by atoms with Gasteiger partial charge in [-0.1, -0.05) is 29.8 Å². The highest BCUT2D eigenvalue weighted by Gasteiger charge is 2.20. The van der Waals surface area contributed by atoms with Crippen LogP contribution in [0, 0.1) is 12.7 Å². The van der Waals surface area contributed by atoms with Crippen LogP contribution < -0.4 is 10.2 Å². The van der Waals surface area contributed by atoms with Gasteiger partial charge in [0.25, 0.3) is 0 Å². The Morgan fingerprint density at radius 2 is 1.88 bits per heavy atom. The van der Waals surface area contributed by atoms with E-state index in [4.69, 9.17) is 11.6 Å². The molecule has 0 radical (unpaired) electrons. The molecule has 1 fully saturated rings. The zero-order chi connectivity index (χ0) is 17.8. The van der Waals surface area contributed by atoms with Crippen molar-refractivity contribution >= 4 is 28.9 Å². The van der Waals surface area contributed by atoms with Crippen LogP contribution in [0.1, 0.15) is 5.56 Å². The minimum Gasteiger partial charge on any atom is -0.367 e. The highest BCUT2D eigenvalue weighted by molar-refractivity contribution is 6.31. The first-order chi connectivity index (χ1) is 12.0. The molecule has 0 bridgehead atoms. The van der Waals surface area contributed by atoms with Crippen molar-refractivity contribution in [3.8, 4) is 0 Å². The highest BCUT2D eigenvalue weighted by atomic mass is 35.5. The van der Waals surface area contributed by atoms with Gasteiger partial charge in [-0.2, -0.15) is 0 Å². The zero-order valence-corrected chi connectivity index (χ0v) is 14.9. The minimum atomic E-state index is -0.204. The SMILES string of the molecule is Cc1ccc(NC(=O)CN2CCN(c3ccccc3F)CC2)cc1Cl. The molecule has 3 rings (SSSR count). The Morgan fingerprint density at radius 3 is 2.56 bits per heavy atom. The summed E-state index contributed by atoms with van der Waals surface area (Å²) >= 11 is 6.08. The maximum atomic E-state index is 13.9. The van der Waals surface area contributed by atoms with Crippen LogP contribution in [0.25, 0.3) is 0 Å². The van der Waals surface area contributed by atoms with Gasteiger partial charge in [-0.25, -0.2) is 4.39 Å². The standard InChI is InChI=1S/C19H21ClFN3O/c1-14-6-7-15(12-16(14)20)22-19(25)13-23-8-10-24(11-9-23)18-5-3-2-4-17(18)21/h2-7,12H,8-11,13H2,1H3,(H,22,25). The summed E-state index contributed by atoms with van der Waals surface area (Å²) in [4.78, 5) is 16.3. The molecule has 2 aromatic carbocycles. The molecule has 6 heteroatoms. The number of benzene rings is 2. The van der Waals surface area contributed by atoms with Gasteiger partial charge in [0.2, 0.25) is 5.91 Å². The lowest BCUT2D eigenvalue weighted by Gasteiger charge is -2.35. The summed E-state index contributed by atoms with van der Waals surface area (Å²) in [5, 5.41) is 3.51. The number of aryl methyl sites for hydroxylation is 1. The molecular weight excluding hydrogens is 341 g/mol. The molecule has 1 N–H and O–H groups in total. The van der Waals surface area contributed by atoms with Crippen molar-refractivity contribution < 1.29 is 9.18 Å². The molecule has 0 unspecified atom stereocenters. The molecule has 0 spiro atoms.